The first-order valence-corrected chi connectivity index (χ1v) is 7.48. The van der Waals surface area contributed by atoms with Gasteiger partial charge < -0.3 is 9.84 Å². The van der Waals surface area contributed by atoms with E-state index in [1.807, 2.05) is 19.1 Å². The normalized spacial score (nSPS) is 10.7. The second kappa shape index (κ2) is 9.79. The Morgan fingerprint density at radius 1 is 1.05 bits per heavy atom. The fourth-order valence-corrected chi connectivity index (χ4v) is 2.08. The predicted octanol–water partition coefficient (Wildman–Crippen LogP) is 4.01. The van der Waals surface area contributed by atoms with Crippen molar-refractivity contribution in [3.63, 3.8) is 0 Å². The number of unbranched alkanes of at least 4 members (excludes halogenated alkanes) is 6. The summed E-state index contributed by atoms with van der Waals surface area (Å²) >= 11 is 0. The Morgan fingerprint density at radius 3 is 2.42 bits per heavy atom. The van der Waals surface area contributed by atoms with Crippen molar-refractivity contribution in [2.24, 2.45) is 0 Å². The third kappa shape index (κ3) is 6.58. The first kappa shape index (κ1) is 16.0. The molecule has 0 unspecified atom stereocenters. The highest BCUT2D eigenvalue weighted by Gasteiger charge is 2.04. The SMILES string of the molecule is CCCCCCCCCOc1ccc(C)nc1CO. The molecule has 0 aliphatic rings. The lowest BCUT2D eigenvalue weighted by molar-refractivity contribution is 0.254. The van der Waals surface area contributed by atoms with Crippen LogP contribution < -0.4 is 4.74 Å². The van der Waals surface area contributed by atoms with Gasteiger partial charge in [0.2, 0.25) is 0 Å². The minimum Gasteiger partial charge on any atom is -0.492 e. The molecule has 0 saturated heterocycles. The molecule has 0 spiro atoms. The van der Waals surface area contributed by atoms with Crippen molar-refractivity contribution < 1.29 is 9.84 Å². The average Bonchev–Trinajstić information content (AvgIpc) is 2.43. The summed E-state index contributed by atoms with van der Waals surface area (Å²) in [7, 11) is 0. The van der Waals surface area contributed by atoms with E-state index in [0.29, 0.717) is 12.3 Å². The Bertz CT molecular complexity index is 353. The number of ether oxygens (including phenoxy) is 1. The summed E-state index contributed by atoms with van der Waals surface area (Å²) in [6.07, 6.45) is 8.93. The van der Waals surface area contributed by atoms with Crippen LogP contribution in [0.3, 0.4) is 0 Å². The topological polar surface area (TPSA) is 42.4 Å². The Labute approximate surface area is 117 Å². The minimum absolute atomic E-state index is 0.0615. The zero-order valence-electron chi connectivity index (χ0n) is 12.3. The maximum absolute atomic E-state index is 9.22. The molecule has 1 N–H and O–H groups in total. The Morgan fingerprint density at radius 2 is 1.74 bits per heavy atom. The molecule has 3 heteroatoms. The molecule has 0 radical (unpaired) electrons. The van der Waals surface area contributed by atoms with Crippen LogP contribution >= 0.6 is 0 Å². The molecule has 1 aromatic heterocycles. The van der Waals surface area contributed by atoms with E-state index in [1.165, 1.54) is 38.5 Å². The number of hydrogen-bond donors (Lipinski definition) is 1. The smallest absolute Gasteiger partial charge is 0.143 e. The van der Waals surface area contributed by atoms with E-state index < -0.39 is 0 Å². The van der Waals surface area contributed by atoms with Crippen molar-refractivity contribution in [2.75, 3.05) is 6.61 Å². The van der Waals surface area contributed by atoms with Crippen LogP contribution in [0.15, 0.2) is 12.1 Å². The molecule has 0 atom stereocenters. The first-order valence-electron chi connectivity index (χ1n) is 7.48. The van der Waals surface area contributed by atoms with Gasteiger partial charge in [-0.3, -0.25) is 4.98 Å². The van der Waals surface area contributed by atoms with Crippen LogP contribution in [0.1, 0.15) is 63.3 Å². The molecule has 0 aliphatic carbocycles. The fraction of sp³-hybridized carbons (Fsp3) is 0.688. The molecule has 1 aromatic rings. The summed E-state index contributed by atoms with van der Waals surface area (Å²) in [4.78, 5) is 4.27. The first-order chi connectivity index (χ1) is 9.27. The van der Waals surface area contributed by atoms with E-state index in [9.17, 15) is 5.11 Å². The monoisotopic (exact) mass is 265 g/mol. The molecule has 0 aromatic carbocycles. The number of aliphatic hydroxyl groups excluding tert-OH is 1. The van der Waals surface area contributed by atoms with Crippen molar-refractivity contribution in [3.8, 4) is 5.75 Å². The maximum atomic E-state index is 9.22. The van der Waals surface area contributed by atoms with Crippen LogP contribution in [0.4, 0.5) is 0 Å². The maximum Gasteiger partial charge on any atom is 0.143 e. The molecule has 1 heterocycles. The number of hydrogen-bond acceptors (Lipinski definition) is 3. The average molecular weight is 265 g/mol. The Kier molecular flexibility index (Phi) is 8.23. The third-order valence-electron chi connectivity index (χ3n) is 3.23. The quantitative estimate of drug-likeness (QED) is 0.650. The van der Waals surface area contributed by atoms with Gasteiger partial charge in [0, 0.05) is 5.69 Å². The van der Waals surface area contributed by atoms with E-state index in [4.69, 9.17) is 4.74 Å². The summed E-state index contributed by atoms with van der Waals surface area (Å²) in [6.45, 7) is 4.81. The van der Waals surface area contributed by atoms with Gasteiger partial charge in [0.05, 0.1) is 13.2 Å². The highest BCUT2D eigenvalue weighted by Crippen LogP contribution is 2.17. The lowest BCUT2D eigenvalue weighted by atomic mass is 10.1. The van der Waals surface area contributed by atoms with Gasteiger partial charge >= 0.3 is 0 Å². The van der Waals surface area contributed by atoms with Gasteiger partial charge in [0.15, 0.2) is 0 Å². The van der Waals surface area contributed by atoms with Crippen molar-refractivity contribution in [1.29, 1.82) is 0 Å². The summed E-state index contributed by atoms with van der Waals surface area (Å²) < 4.78 is 5.69. The highest BCUT2D eigenvalue weighted by molar-refractivity contribution is 5.28. The lowest BCUT2D eigenvalue weighted by Crippen LogP contribution is -2.02. The molecule has 0 amide bonds. The van der Waals surface area contributed by atoms with Crippen molar-refractivity contribution in [1.82, 2.24) is 4.98 Å². The Balaban J connectivity index is 2.15. The molecule has 0 fully saturated rings. The van der Waals surface area contributed by atoms with Crippen molar-refractivity contribution in [3.05, 3.63) is 23.5 Å². The van der Waals surface area contributed by atoms with Gasteiger partial charge in [0.25, 0.3) is 0 Å². The zero-order chi connectivity index (χ0) is 13.9. The number of aryl methyl sites for hydroxylation is 1. The van der Waals surface area contributed by atoms with Crippen molar-refractivity contribution >= 4 is 0 Å². The molecular weight excluding hydrogens is 238 g/mol. The number of rotatable bonds is 10. The van der Waals surface area contributed by atoms with Crippen molar-refractivity contribution in [2.45, 2.75) is 65.4 Å². The van der Waals surface area contributed by atoms with Crippen LogP contribution in [0.2, 0.25) is 0 Å². The zero-order valence-corrected chi connectivity index (χ0v) is 12.3. The summed E-state index contributed by atoms with van der Waals surface area (Å²) in [5.41, 5.74) is 1.55. The standard InChI is InChI=1S/C16H27NO2/c1-3-4-5-6-7-8-9-12-19-16-11-10-14(2)17-15(16)13-18/h10-11,18H,3-9,12-13H2,1-2H3. The van der Waals surface area contributed by atoms with Crippen LogP contribution in [0, 0.1) is 6.92 Å². The molecule has 0 bridgehead atoms. The molecule has 0 aliphatic heterocycles. The third-order valence-corrected chi connectivity index (χ3v) is 3.23. The molecule has 108 valence electrons. The van der Waals surface area contributed by atoms with E-state index in [2.05, 4.69) is 11.9 Å². The van der Waals surface area contributed by atoms with E-state index in [1.54, 1.807) is 0 Å². The van der Waals surface area contributed by atoms with Gasteiger partial charge in [-0.2, -0.15) is 0 Å². The second-order valence-electron chi connectivity index (χ2n) is 5.03. The van der Waals surface area contributed by atoms with E-state index in [-0.39, 0.29) is 6.61 Å². The molecule has 0 saturated carbocycles. The molecule has 1 rings (SSSR count). The van der Waals surface area contributed by atoms with Crippen LogP contribution in [-0.2, 0) is 6.61 Å². The van der Waals surface area contributed by atoms with Crippen LogP contribution in [-0.4, -0.2) is 16.7 Å². The van der Waals surface area contributed by atoms with E-state index >= 15 is 0 Å². The summed E-state index contributed by atoms with van der Waals surface area (Å²) in [5, 5.41) is 9.22. The second-order valence-corrected chi connectivity index (χ2v) is 5.03. The van der Waals surface area contributed by atoms with E-state index in [0.717, 1.165) is 17.9 Å². The van der Waals surface area contributed by atoms with Crippen LogP contribution in [0.5, 0.6) is 5.75 Å². The number of nitrogens with zero attached hydrogens (tertiary/aromatic N) is 1. The van der Waals surface area contributed by atoms with Gasteiger partial charge in [-0.25, -0.2) is 0 Å². The summed E-state index contributed by atoms with van der Waals surface area (Å²) in [6, 6.07) is 3.81. The fourth-order valence-electron chi connectivity index (χ4n) is 2.08. The van der Waals surface area contributed by atoms with Gasteiger partial charge in [0.1, 0.15) is 11.4 Å². The minimum atomic E-state index is -0.0615. The predicted molar refractivity (Wildman–Crippen MR) is 78.4 cm³/mol. The largest absolute Gasteiger partial charge is 0.492 e. The number of pyridine rings is 1. The highest BCUT2D eigenvalue weighted by atomic mass is 16.5. The van der Waals surface area contributed by atoms with Crippen LogP contribution in [0.25, 0.3) is 0 Å². The summed E-state index contributed by atoms with van der Waals surface area (Å²) in [5.74, 6) is 0.721. The molecule has 3 nitrogen and oxygen atoms in total. The van der Waals surface area contributed by atoms with Gasteiger partial charge in [-0.15, -0.1) is 0 Å². The number of aromatic nitrogens is 1. The van der Waals surface area contributed by atoms with Gasteiger partial charge in [-0.1, -0.05) is 45.4 Å². The molecule has 19 heavy (non-hydrogen) atoms. The Hall–Kier alpha value is -1.09. The number of aliphatic hydroxyl groups is 1. The van der Waals surface area contributed by atoms with Gasteiger partial charge in [-0.05, 0) is 25.5 Å². The lowest BCUT2D eigenvalue weighted by Gasteiger charge is -2.10. The molecular formula is C16H27NO2.